The highest BCUT2D eigenvalue weighted by atomic mass is 19.4. The van der Waals surface area contributed by atoms with Crippen molar-refractivity contribution in [3.8, 4) is 0 Å². The predicted molar refractivity (Wildman–Crippen MR) is 61.6 cm³/mol. The summed E-state index contributed by atoms with van der Waals surface area (Å²) in [5.41, 5.74) is 0. The van der Waals surface area contributed by atoms with Crippen LogP contribution >= 0.6 is 0 Å². The van der Waals surface area contributed by atoms with Crippen LogP contribution in [-0.2, 0) is 6.54 Å². The van der Waals surface area contributed by atoms with Crippen LogP contribution in [0.1, 0.15) is 19.8 Å². The molecule has 0 spiro atoms. The normalized spacial score (nSPS) is 12.6. The third kappa shape index (κ3) is 6.30. The lowest BCUT2D eigenvalue weighted by Crippen LogP contribution is -2.53. The molecular formula is C11H14BF8N. The summed E-state index contributed by atoms with van der Waals surface area (Å²) in [6.45, 7) is -3.85. The molecule has 122 valence electrons. The molecule has 0 bridgehead atoms. The zero-order chi connectivity index (χ0) is 16.7. The Kier molecular flexibility index (Phi) is 7.12. The van der Waals surface area contributed by atoms with Gasteiger partial charge < -0.3 is 12.9 Å². The number of hydrogen-bond donors (Lipinski definition) is 0. The van der Waals surface area contributed by atoms with Crippen molar-refractivity contribution < 1.29 is 39.5 Å². The van der Waals surface area contributed by atoms with Gasteiger partial charge in [-0.15, -0.1) is 0 Å². The predicted octanol–water partition coefficient (Wildman–Crippen LogP) is 4.34. The molecule has 0 aliphatic carbocycles. The molecule has 1 aromatic heterocycles. The Morgan fingerprint density at radius 1 is 0.905 bits per heavy atom. The van der Waals surface area contributed by atoms with Crippen LogP contribution in [0, 0.1) is 0 Å². The van der Waals surface area contributed by atoms with Crippen molar-refractivity contribution >= 4 is 6.98 Å². The molecule has 0 radical (unpaired) electrons. The molecule has 0 N–H and O–H groups in total. The minimum atomic E-state index is -7.21. The Labute approximate surface area is 116 Å². The fraction of sp³-hybridized carbons (Fsp3) is 0.545. The Hall–Kier alpha value is -1.35. The number of aryl methyl sites for hydroxylation is 1. The molecule has 10 heteroatoms. The number of rotatable bonds is 4. The summed E-state index contributed by atoms with van der Waals surface area (Å²) in [6, 6.07) is 6.17. The van der Waals surface area contributed by atoms with Crippen LogP contribution in [0.4, 0.5) is 34.9 Å². The molecule has 0 aliphatic rings. The number of nitrogens with zero attached hydrogens (tertiary/aromatic N) is 1. The fourth-order valence-corrected chi connectivity index (χ4v) is 1.11. The second kappa shape index (κ2) is 7.60. The van der Waals surface area contributed by atoms with Crippen molar-refractivity contribution in [2.24, 2.45) is 0 Å². The maximum Gasteiger partial charge on any atom is 0.558 e. The molecule has 1 heterocycles. The molecule has 0 atom stereocenters. The average Bonchev–Trinajstić information content (AvgIpc) is 2.36. The lowest BCUT2D eigenvalue weighted by Gasteiger charge is -2.28. The topological polar surface area (TPSA) is 3.88 Å². The summed E-state index contributed by atoms with van der Waals surface area (Å²) >= 11 is 0. The Morgan fingerprint density at radius 2 is 1.38 bits per heavy atom. The maximum atomic E-state index is 11.2. The van der Waals surface area contributed by atoms with Crippen LogP contribution in [0.3, 0.4) is 0 Å². The minimum Gasteiger partial charge on any atom is -0.445 e. The first kappa shape index (κ1) is 19.7. The minimum absolute atomic E-state index is 1.15. The summed E-state index contributed by atoms with van der Waals surface area (Å²) in [7, 11) is 0. The van der Waals surface area contributed by atoms with E-state index in [-0.39, 0.29) is 0 Å². The van der Waals surface area contributed by atoms with Gasteiger partial charge >= 0.3 is 19.0 Å². The molecule has 1 rings (SSSR count). The van der Waals surface area contributed by atoms with Crippen LogP contribution in [0.25, 0.3) is 0 Å². The summed E-state index contributed by atoms with van der Waals surface area (Å²) < 4.78 is 90.0. The van der Waals surface area contributed by atoms with Gasteiger partial charge in [0.15, 0.2) is 12.4 Å². The SMILES string of the molecule is CCCC[n+]1ccccc1.F[B-](F)(F)C(F)(F)C(F)(F)F. The second-order valence-electron chi connectivity index (χ2n) is 4.16. The van der Waals surface area contributed by atoms with Crippen LogP contribution in [-0.4, -0.2) is 19.0 Å². The molecular weight excluding hydrogens is 309 g/mol. The first-order valence-corrected chi connectivity index (χ1v) is 6.01. The average molecular weight is 323 g/mol. The number of unbranched alkanes of at least 4 members (excludes halogenated alkanes) is 1. The van der Waals surface area contributed by atoms with E-state index in [1.807, 2.05) is 6.07 Å². The number of hydrogen-bond acceptors (Lipinski definition) is 0. The van der Waals surface area contributed by atoms with Crippen LogP contribution in [0.5, 0.6) is 0 Å². The zero-order valence-electron chi connectivity index (χ0n) is 11.1. The Bertz CT molecular complexity index is 385. The first-order chi connectivity index (χ1) is 9.43. The maximum absolute atomic E-state index is 11.2. The van der Waals surface area contributed by atoms with E-state index in [0.29, 0.717) is 0 Å². The van der Waals surface area contributed by atoms with Gasteiger partial charge in [-0.25, -0.2) is 13.3 Å². The molecule has 0 amide bonds. The van der Waals surface area contributed by atoms with Gasteiger partial charge in [-0.05, 0) is 0 Å². The van der Waals surface area contributed by atoms with Gasteiger partial charge in [0.25, 0.3) is 0 Å². The van der Waals surface area contributed by atoms with E-state index in [4.69, 9.17) is 0 Å². The fourth-order valence-electron chi connectivity index (χ4n) is 1.11. The number of pyridine rings is 1. The smallest absolute Gasteiger partial charge is 0.445 e. The van der Waals surface area contributed by atoms with E-state index in [1.165, 1.54) is 12.8 Å². The van der Waals surface area contributed by atoms with Gasteiger partial charge in [0.1, 0.15) is 6.54 Å². The highest BCUT2D eigenvalue weighted by molar-refractivity contribution is 6.61. The molecule has 1 nitrogen and oxygen atoms in total. The van der Waals surface area contributed by atoms with E-state index in [0.717, 1.165) is 6.54 Å². The monoisotopic (exact) mass is 323 g/mol. The van der Waals surface area contributed by atoms with E-state index in [9.17, 15) is 34.9 Å². The van der Waals surface area contributed by atoms with E-state index in [2.05, 4.69) is 36.0 Å². The zero-order valence-corrected chi connectivity index (χ0v) is 11.1. The van der Waals surface area contributed by atoms with Crippen LogP contribution < -0.4 is 4.57 Å². The van der Waals surface area contributed by atoms with Crippen molar-refractivity contribution in [2.75, 3.05) is 0 Å². The van der Waals surface area contributed by atoms with Crippen molar-refractivity contribution in [2.45, 2.75) is 38.3 Å². The van der Waals surface area contributed by atoms with Crippen molar-refractivity contribution in [1.82, 2.24) is 0 Å². The van der Waals surface area contributed by atoms with Gasteiger partial charge in [0, 0.05) is 18.6 Å². The Balaban J connectivity index is 0.000000382. The first-order valence-electron chi connectivity index (χ1n) is 6.01. The number of aromatic nitrogens is 1. The van der Waals surface area contributed by atoms with Crippen molar-refractivity contribution in [1.29, 1.82) is 0 Å². The summed E-state index contributed by atoms with van der Waals surface area (Å²) in [4.78, 5) is 0. The van der Waals surface area contributed by atoms with Crippen LogP contribution in [0.15, 0.2) is 30.6 Å². The van der Waals surface area contributed by atoms with E-state index < -0.39 is 19.0 Å². The summed E-state index contributed by atoms with van der Waals surface area (Å²) in [6.07, 6.45) is 0.202. The molecule has 0 saturated carbocycles. The molecule has 0 fully saturated rings. The number of alkyl halides is 5. The number of halogens is 8. The lowest BCUT2D eigenvalue weighted by atomic mass is 9.80. The van der Waals surface area contributed by atoms with Crippen molar-refractivity contribution in [3.63, 3.8) is 0 Å². The summed E-state index contributed by atoms with van der Waals surface area (Å²) in [5, 5.41) is 0. The third-order valence-electron chi connectivity index (χ3n) is 2.34. The molecule has 0 unspecified atom stereocenters. The highest BCUT2D eigenvalue weighted by Crippen LogP contribution is 2.43. The Morgan fingerprint density at radius 3 is 1.67 bits per heavy atom. The molecule has 0 aromatic carbocycles. The van der Waals surface area contributed by atoms with Gasteiger partial charge in [-0.2, -0.15) is 13.2 Å². The van der Waals surface area contributed by atoms with Crippen LogP contribution in [0.2, 0.25) is 0 Å². The largest absolute Gasteiger partial charge is 0.558 e. The summed E-state index contributed by atoms with van der Waals surface area (Å²) in [5.74, 6) is -6.56. The highest BCUT2D eigenvalue weighted by Gasteiger charge is 2.69. The van der Waals surface area contributed by atoms with E-state index in [1.54, 1.807) is 0 Å². The molecule has 1 aromatic rings. The molecule has 0 saturated heterocycles. The second-order valence-corrected chi connectivity index (χ2v) is 4.16. The molecule has 21 heavy (non-hydrogen) atoms. The van der Waals surface area contributed by atoms with Gasteiger partial charge in [0.2, 0.25) is 0 Å². The third-order valence-corrected chi connectivity index (χ3v) is 2.34. The van der Waals surface area contributed by atoms with E-state index >= 15 is 0 Å². The quantitative estimate of drug-likeness (QED) is 0.441. The van der Waals surface area contributed by atoms with Gasteiger partial charge in [-0.3, -0.25) is 0 Å². The standard InChI is InChI=1S/C9H14N.C2BF8/c1-2-3-7-10-8-5-4-6-9-10;4-1(5,2(6,7)8)3(9,10)11/h4-6,8-9H,2-3,7H2,1H3;/q+1;-1. The van der Waals surface area contributed by atoms with Crippen molar-refractivity contribution in [3.05, 3.63) is 30.6 Å². The lowest BCUT2D eigenvalue weighted by molar-refractivity contribution is -0.697. The van der Waals surface area contributed by atoms with Gasteiger partial charge in [0.05, 0.1) is 0 Å². The molecule has 0 aliphatic heterocycles. The van der Waals surface area contributed by atoms with Gasteiger partial charge in [-0.1, -0.05) is 19.4 Å².